The first-order valence-electron chi connectivity index (χ1n) is 10.4. The molecule has 1 aromatic carbocycles. The molecule has 8 nitrogen and oxygen atoms in total. The normalized spacial score (nSPS) is 15.5. The Hall–Kier alpha value is -3.50. The molecule has 3 heterocycles. The summed E-state index contributed by atoms with van der Waals surface area (Å²) in [6.07, 6.45) is 1.82. The summed E-state index contributed by atoms with van der Waals surface area (Å²) in [7, 11) is 1.45. The number of hydrogen-bond acceptors (Lipinski definition) is 9. The van der Waals surface area contributed by atoms with E-state index >= 15 is 0 Å². The van der Waals surface area contributed by atoms with Crippen LogP contribution in [0.5, 0.6) is 11.5 Å². The summed E-state index contributed by atoms with van der Waals surface area (Å²) in [4.78, 5) is 44.0. The highest BCUT2D eigenvalue weighted by Crippen LogP contribution is 2.36. The van der Waals surface area contributed by atoms with Gasteiger partial charge in [-0.3, -0.25) is 14.2 Å². The van der Waals surface area contributed by atoms with E-state index in [1.807, 2.05) is 23.6 Å². The van der Waals surface area contributed by atoms with Gasteiger partial charge in [0, 0.05) is 11.8 Å². The Morgan fingerprint density at radius 3 is 2.68 bits per heavy atom. The Morgan fingerprint density at radius 2 is 2.03 bits per heavy atom. The Morgan fingerprint density at radius 1 is 1.24 bits per heavy atom. The predicted molar refractivity (Wildman–Crippen MR) is 129 cm³/mol. The summed E-state index contributed by atoms with van der Waals surface area (Å²) in [5, 5.41) is 1.94. The number of benzene rings is 1. The smallest absolute Gasteiger partial charge is 0.338 e. The third kappa shape index (κ3) is 4.46. The third-order valence-electron chi connectivity index (χ3n) is 5.09. The van der Waals surface area contributed by atoms with Crippen LogP contribution in [-0.2, 0) is 14.3 Å². The van der Waals surface area contributed by atoms with Crippen LogP contribution in [0.15, 0.2) is 56.8 Å². The molecule has 2 aromatic heterocycles. The fraction of sp³-hybridized carbons (Fsp3) is 0.250. The minimum absolute atomic E-state index is 0.180. The van der Waals surface area contributed by atoms with Crippen LogP contribution in [0.1, 0.15) is 37.3 Å². The Labute approximate surface area is 203 Å². The molecular weight excluding hydrogens is 476 g/mol. The number of ether oxygens (including phenoxy) is 3. The maximum Gasteiger partial charge on any atom is 0.338 e. The number of aromatic nitrogens is 1. The van der Waals surface area contributed by atoms with Crippen molar-refractivity contribution in [2.24, 2.45) is 4.99 Å². The number of methoxy groups -OCH3 is 1. The maximum atomic E-state index is 13.5. The van der Waals surface area contributed by atoms with Crippen molar-refractivity contribution < 1.29 is 23.8 Å². The van der Waals surface area contributed by atoms with Crippen LogP contribution in [0, 0.1) is 0 Å². The van der Waals surface area contributed by atoms with E-state index in [1.165, 1.54) is 41.3 Å². The summed E-state index contributed by atoms with van der Waals surface area (Å²) in [6, 6.07) is 7.97. The zero-order valence-corrected chi connectivity index (χ0v) is 20.6. The zero-order chi connectivity index (χ0) is 24.4. The summed E-state index contributed by atoms with van der Waals surface area (Å²) >= 11 is 2.78. The van der Waals surface area contributed by atoms with Gasteiger partial charge in [-0.05, 0) is 49.1 Å². The molecule has 176 valence electrons. The number of allylic oxidation sites excluding steroid dienone is 1. The van der Waals surface area contributed by atoms with Crippen molar-refractivity contribution >= 4 is 40.7 Å². The molecule has 4 rings (SSSR count). The lowest BCUT2D eigenvalue weighted by Crippen LogP contribution is -2.39. The van der Waals surface area contributed by atoms with Crippen LogP contribution >= 0.6 is 22.7 Å². The van der Waals surface area contributed by atoms with Gasteiger partial charge in [-0.15, -0.1) is 11.3 Å². The molecule has 10 heteroatoms. The summed E-state index contributed by atoms with van der Waals surface area (Å²) < 4.78 is 17.9. The van der Waals surface area contributed by atoms with E-state index in [4.69, 9.17) is 14.2 Å². The van der Waals surface area contributed by atoms with Gasteiger partial charge in [0.25, 0.3) is 5.56 Å². The molecule has 34 heavy (non-hydrogen) atoms. The van der Waals surface area contributed by atoms with Crippen molar-refractivity contribution in [1.82, 2.24) is 4.57 Å². The minimum Gasteiger partial charge on any atom is -0.493 e. The molecule has 0 N–H and O–H groups in total. The van der Waals surface area contributed by atoms with Gasteiger partial charge in [0.2, 0.25) is 0 Å². The predicted octanol–water partition coefficient (Wildman–Crippen LogP) is 2.79. The highest BCUT2D eigenvalue weighted by atomic mass is 32.1. The average molecular weight is 499 g/mol. The molecule has 1 aliphatic heterocycles. The summed E-state index contributed by atoms with van der Waals surface area (Å²) in [5.74, 6) is -0.506. The molecule has 0 fully saturated rings. The van der Waals surface area contributed by atoms with Crippen LogP contribution in [0.25, 0.3) is 6.08 Å². The average Bonchev–Trinajstić information content (AvgIpc) is 3.41. The van der Waals surface area contributed by atoms with Crippen LogP contribution in [0.2, 0.25) is 0 Å². The van der Waals surface area contributed by atoms with Gasteiger partial charge in [0.05, 0.1) is 35.6 Å². The van der Waals surface area contributed by atoms with E-state index in [2.05, 4.69) is 4.99 Å². The number of thiazole rings is 1. The minimum atomic E-state index is -0.791. The fourth-order valence-corrected chi connectivity index (χ4v) is 5.47. The van der Waals surface area contributed by atoms with E-state index < -0.39 is 18.0 Å². The highest BCUT2D eigenvalue weighted by Gasteiger charge is 2.34. The first kappa shape index (κ1) is 23.7. The second-order valence-corrected chi connectivity index (χ2v) is 9.31. The quantitative estimate of drug-likeness (QED) is 0.383. The number of esters is 2. The topological polar surface area (TPSA) is 96.2 Å². The number of hydrogen-bond donors (Lipinski definition) is 0. The molecule has 0 saturated heterocycles. The lowest BCUT2D eigenvalue weighted by molar-refractivity contribution is -0.139. The van der Waals surface area contributed by atoms with E-state index in [-0.39, 0.29) is 23.5 Å². The lowest BCUT2D eigenvalue weighted by Gasteiger charge is -2.25. The third-order valence-corrected chi connectivity index (χ3v) is 6.89. The van der Waals surface area contributed by atoms with Crippen molar-refractivity contribution in [2.75, 3.05) is 13.7 Å². The lowest BCUT2D eigenvalue weighted by atomic mass is 9.95. The van der Waals surface area contributed by atoms with Gasteiger partial charge in [-0.25, -0.2) is 9.79 Å². The Bertz CT molecular complexity index is 1460. The highest BCUT2D eigenvalue weighted by molar-refractivity contribution is 7.11. The van der Waals surface area contributed by atoms with Gasteiger partial charge in [-0.1, -0.05) is 23.5 Å². The van der Waals surface area contributed by atoms with Gasteiger partial charge >= 0.3 is 11.9 Å². The maximum absolute atomic E-state index is 13.5. The zero-order valence-electron chi connectivity index (χ0n) is 19.0. The number of fused-ring (bicyclic) bond motifs is 1. The van der Waals surface area contributed by atoms with Crippen molar-refractivity contribution in [3.05, 3.63) is 77.1 Å². The SMILES string of the molecule is CCOC(=O)C1=C(C)N=c2s/c(=C\c3cccs3)c(=O)n2C1c1ccc(OC(C)=O)c(OC)c1. The standard InChI is InChI=1S/C24H22N2O6S2/c1-5-31-23(29)20-13(2)25-24-26(22(28)19(34-24)12-16-7-6-10-33-16)21(20)15-8-9-17(32-14(3)27)18(11-15)30-4/h6-12,21H,5H2,1-4H3/b19-12-. The number of nitrogens with zero attached hydrogens (tertiary/aromatic N) is 2. The van der Waals surface area contributed by atoms with Crippen LogP contribution in [0.4, 0.5) is 0 Å². The largest absolute Gasteiger partial charge is 0.493 e. The van der Waals surface area contributed by atoms with E-state index in [0.29, 0.717) is 26.3 Å². The number of carbonyl (C=O) groups excluding carboxylic acids is 2. The second-order valence-electron chi connectivity index (χ2n) is 7.32. The molecule has 0 aliphatic carbocycles. The molecule has 1 atom stereocenters. The second kappa shape index (κ2) is 9.78. The van der Waals surface area contributed by atoms with E-state index in [9.17, 15) is 14.4 Å². The number of carbonyl (C=O) groups is 2. The van der Waals surface area contributed by atoms with E-state index in [0.717, 1.165) is 4.88 Å². The monoisotopic (exact) mass is 498 g/mol. The first-order valence-corrected chi connectivity index (χ1v) is 12.1. The van der Waals surface area contributed by atoms with Crippen molar-refractivity contribution in [3.8, 4) is 11.5 Å². The van der Waals surface area contributed by atoms with Crippen LogP contribution in [-0.4, -0.2) is 30.2 Å². The van der Waals surface area contributed by atoms with E-state index in [1.54, 1.807) is 32.0 Å². The van der Waals surface area contributed by atoms with Crippen LogP contribution in [0.3, 0.4) is 0 Å². The van der Waals surface area contributed by atoms with Crippen molar-refractivity contribution in [1.29, 1.82) is 0 Å². The molecule has 0 saturated carbocycles. The molecule has 0 spiro atoms. The Kier molecular flexibility index (Phi) is 6.80. The van der Waals surface area contributed by atoms with Crippen LogP contribution < -0.4 is 24.4 Å². The Balaban J connectivity index is 1.95. The van der Waals surface area contributed by atoms with Gasteiger partial charge in [0.1, 0.15) is 0 Å². The molecule has 3 aromatic rings. The fourth-order valence-electron chi connectivity index (χ4n) is 3.70. The molecule has 0 amide bonds. The molecular formula is C24H22N2O6S2. The number of thiophene rings is 1. The molecule has 1 aliphatic rings. The van der Waals surface area contributed by atoms with Gasteiger partial charge in [-0.2, -0.15) is 0 Å². The van der Waals surface area contributed by atoms with Crippen molar-refractivity contribution in [2.45, 2.75) is 26.8 Å². The summed E-state index contributed by atoms with van der Waals surface area (Å²) in [5.41, 5.74) is 1.06. The molecule has 1 unspecified atom stereocenters. The first-order chi connectivity index (χ1) is 16.3. The number of rotatable bonds is 6. The van der Waals surface area contributed by atoms with Gasteiger partial charge < -0.3 is 14.2 Å². The van der Waals surface area contributed by atoms with Gasteiger partial charge in [0.15, 0.2) is 16.3 Å². The summed E-state index contributed by atoms with van der Waals surface area (Å²) in [6.45, 7) is 4.92. The van der Waals surface area contributed by atoms with Crippen molar-refractivity contribution in [3.63, 3.8) is 0 Å². The molecule has 0 radical (unpaired) electrons. The molecule has 0 bridgehead atoms.